The summed E-state index contributed by atoms with van der Waals surface area (Å²) in [7, 11) is 0. The smallest absolute Gasteiger partial charge is 0.310 e. The summed E-state index contributed by atoms with van der Waals surface area (Å²) in [5, 5.41) is 18.8. The van der Waals surface area contributed by atoms with Gasteiger partial charge in [0.25, 0.3) is 0 Å². The van der Waals surface area contributed by atoms with Crippen LogP contribution in [0.3, 0.4) is 0 Å². The number of hydrogen-bond acceptors (Lipinski definition) is 2. The number of phenolic OH excluding ortho intramolecular Hbond substituents is 1. The predicted molar refractivity (Wildman–Crippen MR) is 113 cm³/mol. The molecule has 0 aliphatic heterocycles. The second-order valence-corrected chi connectivity index (χ2v) is 7.87. The Morgan fingerprint density at radius 3 is 1.56 bits per heavy atom. The van der Waals surface area contributed by atoms with Gasteiger partial charge in [0, 0.05) is 0 Å². The van der Waals surface area contributed by atoms with Crippen LogP contribution in [-0.4, -0.2) is 16.2 Å². The van der Waals surface area contributed by atoms with Crippen LogP contribution in [0.15, 0.2) is 24.3 Å². The van der Waals surface area contributed by atoms with Crippen molar-refractivity contribution in [3.63, 3.8) is 0 Å². The summed E-state index contributed by atoms with van der Waals surface area (Å²) in [4.78, 5) is 11.5. The summed E-state index contributed by atoms with van der Waals surface area (Å²) in [5.74, 6) is -1.04. The van der Waals surface area contributed by atoms with Gasteiger partial charge in [0.1, 0.15) is 5.75 Å². The topological polar surface area (TPSA) is 57.5 Å². The summed E-state index contributed by atoms with van der Waals surface area (Å²) in [6.45, 7) is 2.26. The minimum Gasteiger partial charge on any atom is -0.508 e. The number of phenols is 1. The largest absolute Gasteiger partial charge is 0.508 e. The maximum absolute atomic E-state index is 11.5. The van der Waals surface area contributed by atoms with Gasteiger partial charge in [0.15, 0.2) is 0 Å². The molecule has 27 heavy (non-hydrogen) atoms. The highest BCUT2D eigenvalue weighted by Gasteiger charge is 2.19. The molecule has 0 radical (unpaired) electrons. The van der Waals surface area contributed by atoms with Gasteiger partial charge in [0.05, 0.1) is 5.92 Å². The maximum atomic E-state index is 11.5. The Labute approximate surface area is 166 Å². The quantitative estimate of drug-likeness (QED) is 0.278. The van der Waals surface area contributed by atoms with Gasteiger partial charge in [-0.1, -0.05) is 109 Å². The second kappa shape index (κ2) is 15.5. The lowest BCUT2D eigenvalue weighted by atomic mass is 9.93. The normalized spacial score (nSPS) is 12.2. The molecule has 1 rings (SSSR count). The highest BCUT2D eigenvalue weighted by Crippen LogP contribution is 2.25. The van der Waals surface area contributed by atoms with Crippen molar-refractivity contribution in [1.29, 1.82) is 0 Å². The van der Waals surface area contributed by atoms with Crippen molar-refractivity contribution in [3.8, 4) is 5.75 Å². The average Bonchev–Trinajstić information content (AvgIpc) is 2.66. The Balaban J connectivity index is 1.98. The van der Waals surface area contributed by atoms with Crippen LogP contribution in [0, 0.1) is 0 Å². The van der Waals surface area contributed by atoms with E-state index in [1.807, 2.05) is 0 Å². The highest BCUT2D eigenvalue weighted by molar-refractivity contribution is 5.76. The van der Waals surface area contributed by atoms with Gasteiger partial charge in [0.2, 0.25) is 0 Å². The summed E-state index contributed by atoms with van der Waals surface area (Å²) in [5.41, 5.74) is 0.787. The molecule has 3 heteroatoms. The number of aliphatic carboxylic acids is 1. The zero-order chi connectivity index (χ0) is 19.7. The molecule has 1 unspecified atom stereocenters. The number of rotatable bonds is 17. The minimum absolute atomic E-state index is 0.180. The van der Waals surface area contributed by atoms with E-state index in [0.29, 0.717) is 6.42 Å². The first-order valence-electron chi connectivity index (χ1n) is 11.2. The first kappa shape index (κ1) is 23.5. The Morgan fingerprint density at radius 2 is 1.15 bits per heavy atom. The van der Waals surface area contributed by atoms with Gasteiger partial charge in [-0.2, -0.15) is 0 Å². The standard InChI is InChI=1S/C24H40O3/c1-2-3-4-5-6-7-8-9-10-11-12-13-14-15-16-23(24(26)27)21-17-19-22(25)20-18-21/h17-20,23,25H,2-16H2,1H3,(H,26,27). The summed E-state index contributed by atoms with van der Waals surface area (Å²) in [6, 6.07) is 6.57. The third-order valence-electron chi connectivity index (χ3n) is 5.44. The maximum Gasteiger partial charge on any atom is 0.310 e. The van der Waals surface area contributed by atoms with Crippen LogP contribution in [0.4, 0.5) is 0 Å². The molecule has 0 saturated carbocycles. The lowest BCUT2D eigenvalue weighted by Gasteiger charge is -2.12. The molecule has 0 heterocycles. The number of carboxylic acids is 1. The average molecular weight is 377 g/mol. The van der Waals surface area contributed by atoms with Crippen LogP contribution in [0.25, 0.3) is 0 Å². The van der Waals surface area contributed by atoms with Crippen LogP contribution >= 0.6 is 0 Å². The SMILES string of the molecule is CCCCCCCCCCCCCCCCC(C(=O)O)c1ccc(O)cc1. The van der Waals surface area contributed by atoms with E-state index in [1.54, 1.807) is 24.3 Å². The van der Waals surface area contributed by atoms with Crippen molar-refractivity contribution in [2.24, 2.45) is 0 Å². The number of unbranched alkanes of at least 4 members (excludes halogenated alkanes) is 13. The Bertz CT molecular complexity index is 481. The first-order valence-corrected chi connectivity index (χ1v) is 11.2. The molecule has 2 N–H and O–H groups in total. The molecule has 3 nitrogen and oxygen atoms in total. The molecule has 0 bridgehead atoms. The van der Waals surface area contributed by atoms with Crippen molar-refractivity contribution in [3.05, 3.63) is 29.8 Å². The molecule has 0 spiro atoms. The van der Waals surface area contributed by atoms with E-state index in [4.69, 9.17) is 0 Å². The van der Waals surface area contributed by atoms with Crippen molar-refractivity contribution in [2.45, 2.75) is 109 Å². The van der Waals surface area contributed by atoms with Crippen LogP contribution in [0.2, 0.25) is 0 Å². The van der Waals surface area contributed by atoms with Crippen LogP contribution < -0.4 is 0 Å². The Morgan fingerprint density at radius 1 is 0.741 bits per heavy atom. The molecule has 0 saturated heterocycles. The fourth-order valence-electron chi connectivity index (χ4n) is 3.68. The molecular formula is C24H40O3. The van der Waals surface area contributed by atoms with E-state index < -0.39 is 11.9 Å². The lowest BCUT2D eigenvalue weighted by Crippen LogP contribution is -2.11. The van der Waals surface area contributed by atoms with Crippen LogP contribution in [-0.2, 0) is 4.79 Å². The third-order valence-corrected chi connectivity index (χ3v) is 5.44. The molecule has 1 atom stereocenters. The third kappa shape index (κ3) is 11.7. The zero-order valence-electron chi connectivity index (χ0n) is 17.3. The minimum atomic E-state index is -0.768. The van der Waals surface area contributed by atoms with E-state index >= 15 is 0 Å². The molecule has 1 aromatic rings. The van der Waals surface area contributed by atoms with Gasteiger partial charge >= 0.3 is 5.97 Å². The summed E-state index contributed by atoms with van der Waals surface area (Å²) >= 11 is 0. The molecule has 1 aromatic carbocycles. The van der Waals surface area contributed by atoms with Crippen molar-refractivity contribution in [1.82, 2.24) is 0 Å². The fourth-order valence-corrected chi connectivity index (χ4v) is 3.68. The number of benzene rings is 1. The molecule has 154 valence electrons. The molecule has 0 fully saturated rings. The van der Waals surface area contributed by atoms with E-state index in [0.717, 1.165) is 18.4 Å². The number of carboxylic acid groups (broad SMARTS) is 1. The van der Waals surface area contributed by atoms with Crippen LogP contribution in [0.1, 0.15) is 115 Å². The Hall–Kier alpha value is -1.51. The molecule has 0 aliphatic rings. The van der Waals surface area contributed by atoms with Gasteiger partial charge in [-0.25, -0.2) is 0 Å². The second-order valence-electron chi connectivity index (χ2n) is 7.87. The van der Waals surface area contributed by atoms with Crippen molar-refractivity contribution in [2.75, 3.05) is 0 Å². The Kier molecular flexibility index (Phi) is 13.5. The van der Waals surface area contributed by atoms with E-state index in [-0.39, 0.29) is 5.75 Å². The monoisotopic (exact) mass is 376 g/mol. The van der Waals surface area contributed by atoms with E-state index in [1.165, 1.54) is 77.0 Å². The van der Waals surface area contributed by atoms with Crippen molar-refractivity contribution >= 4 is 5.97 Å². The first-order chi connectivity index (χ1) is 13.1. The van der Waals surface area contributed by atoms with E-state index in [9.17, 15) is 15.0 Å². The highest BCUT2D eigenvalue weighted by atomic mass is 16.4. The van der Waals surface area contributed by atoms with Crippen LogP contribution in [0.5, 0.6) is 5.75 Å². The lowest BCUT2D eigenvalue weighted by molar-refractivity contribution is -0.139. The van der Waals surface area contributed by atoms with Crippen molar-refractivity contribution < 1.29 is 15.0 Å². The van der Waals surface area contributed by atoms with Gasteiger partial charge in [-0.15, -0.1) is 0 Å². The molecule has 0 amide bonds. The van der Waals surface area contributed by atoms with Gasteiger partial charge < -0.3 is 10.2 Å². The molecular weight excluding hydrogens is 336 g/mol. The summed E-state index contributed by atoms with van der Waals surface area (Å²) in [6.07, 6.45) is 19.0. The summed E-state index contributed by atoms with van der Waals surface area (Å²) < 4.78 is 0. The predicted octanol–water partition coefficient (Wildman–Crippen LogP) is 7.43. The van der Waals surface area contributed by atoms with Gasteiger partial charge in [-0.05, 0) is 24.1 Å². The number of aromatic hydroxyl groups is 1. The zero-order valence-corrected chi connectivity index (χ0v) is 17.3. The number of carbonyl (C=O) groups is 1. The van der Waals surface area contributed by atoms with E-state index in [2.05, 4.69) is 6.92 Å². The number of hydrogen-bond donors (Lipinski definition) is 2. The molecule has 0 aliphatic carbocycles. The fraction of sp³-hybridized carbons (Fsp3) is 0.708. The van der Waals surface area contributed by atoms with Gasteiger partial charge in [-0.3, -0.25) is 4.79 Å². The molecule has 0 aromatic heterocycles.